The number of rotatable bonds is 3. The maximum Gasteiger partial charge on any atom is 0.321 e. The fourth-order valence-corrected chi connectivity index (χ4v) is 2.73. The summed E-state index contributed by atoms with van der Waals surface area (Å²) in [6, 6.07) is 4.95. The molecule has 1 saturated heterocycles. The van der Waals surface area contributed by atoms with Crippen molar-refractivity contribution in [3.8, 4) is 0 Å². The van der Waals surface area contributed by atoms with Crippen LogP contribution in [0.1, 0.15) is 13.3 Å². The van der Waals surface area contributed by atoms with Gasteiger partial charge in [-0.3, -0.25) is 4.90 Å². The van der Waals surface area contributed by atoms with Gasteiger partial charge in [0.2, 0.25) is 0 Å². The zero-order valence-corrected chi connectivity index (χ0v) is 13.0. The van der Waals surface area contributed by atoms with Gasteiger partial charge in [-0.25, -0.2) is 4.79 Å². The zero-order chi connectivity index (χ0) is 14.5. The summed E-state index contributed by atoms with van der Waals surface area (Å²) in [4.78, 5) is 16.4. The quantitative estimate of drug-likeness (QED) is 0.925. The molecule has 0 bridgehead atoms. The maximum absolute atomic E-state index is 12.2. The largest absolute Gasteiger partial charge is 0.322 e. The fourth-order valence-electron chi connectivity index (χ4n) is 2.28. The zero-order valence-electron chi connectivity index (χ0n) is 11.5. The van der Waals surface area contributed by atoms with E-state index in [4.69, 9.17) is 23.2 Å². The average molecular weight is 316 g/mol. The van der Waals surface area contributed by atoms with Crippen LogP contribution in [0.5, 0.6) is 0 Å². The first-order valence-electron chi connectivity index (χ1n) is 6.83. The molecule has 0 atom stereocenters. The molecule has 1 aromatic rings. The summed E-state index contributed by atoms with van der Waals surface area (Å²) >= 11 is 11.9. The molecule has 0 saturated carbocycles. The smallest absolute Gasteiger partial charge is 0.321 e. The second kappa shape index (κ2) is 7.16. The molecule has 0 unspecified atom stereocenters. The van der Waals surface area contributed by atoms with E-state index in [1.165, 1.54) is 0 Å². The Kier molecular flexibility index (Phi) is 5.52. The molecule has 0 aliphatic carbocycles. The molecule has 2 rings (SSSR count). The normalized spacial score (nSPS) is 16.2. The van der Waals surface area contributed by atoms with Crippen molar-refractivity contribution in [2.24, 2.45) is 0 Å². The molecule has 1 heterocycles. The number of anilines is 1. The van der Waals surface area contributed by atoms with E-state index in [0.717, 1.165) is 39.1 Å². The van der Waals surface area contributed by atoms with Crippen molar-refractivity contribution in [2.75, 3.05) is 38.0 Å². The number of halogens is 2. The monoisotopic (exact) mass is 315 g/mol. The van der Waals surface area contributed by atoms with E-state index >= 15 is 0 Å². The molecule has 1 aliphatic rings. The number of hydrogen-bond acceptors (Lipinski definition) is 2. The summed E-state index contributed by atoms with van der Waals surface area (Å²) in [7, 11) is 0. The molecular formula is C14H19Cl2N3O. The lowest BCUT2D eigenvalue weighted by molar-refractivity contribution is 0.147. The van der Waals surface area contributed by atoms with Gasteiger partial charge in [0.15, 0.2) is 0 Å². The molecule has 1 N–H and O–H groups in total. The number of hydrogen-bond donors (Lipinski definition) is 1. The third-order valence-corrected chi connectivity index (χ3v) is 3.92. The molecule has 20 heavy (non-hydrogen) atoms. The Morgan fingerprint density at radius 2 is 1.95 bits per heavy atom. The molecule has 6 heteroatoms. The first kappa shape index (κ1) is 15.4. The first-order chi connectivity index (χ1) is 9.60. The van der Waals surface area contributed by atoms with Crippen LogP contribution in [0.4, 0.5) is 10.5 Å². The molecule has 1 aliphatic heterocycles. The van der Waals surface area contributed by atoms with Crippen molar-refractivity contribution >= 4 is 34.9 Å². The van der Waals surface area contributed by atoms with Crippen LogP contribution in [0.3, 0.4) is 0 Å². The Labute approximate surface area is 129 Å². The average Bonchev–Trinajstić information content (AvgIpc) is 2.43. The highest BCUT2D eigenvalue weighted by Gasteiger charge is 2.20. The Hall–Kier alpha value is -0.970. The number of nitrogens with zero attached hydrogens (tertiary/aromatic N) is 2. The minimum absolute atomic E-state index is 0.106. The van der Waals surface area contributed by atoms with Crippen molar-refractivity contribution in [2.45, 2.75) is 13.3 Å². The van der Waals surface area contributed by atoms with Crippen LogP contribution in [0.25, 0.3) is 0 Å². The van der Waals surface area contributed by atoms with Gasteiger partial charge in [-0.15, -0.1) is 0 Å². The van der Waals surface area contributed by atoms with E-state index in [1.807, 2.05) is 4.90 Å². The van der Waals surface area contributed by atoms with Gasteiger partial charge in [0.25, 0.3) is 0 Å². The number of urea groups is 1. The van der Waals surface area contributed by atoms with Crippen LogP contribution in [0.15, 0.2) is 18.2 Å². The summed E-state index contributed by atoms with van der Waals surface area (Å²) < 4.78 is 0. The maximum atomic E-state index is 12.2. The predicted octanol–water partition coefficient (Wildman–Crippen LogP) is 3.55. The van der Waals surface area contributed by atoms with Crippen molar-refractivity contribution in [3.63, 3.8) is 0 Å². The lowest BCUT2D eigenvalue weighted by atomic mass is 10.3. The lowest BCUT2D eigenvalue weighted by Crippen LogP contribution is -2.50. The van der Waals surface area contributed by atoms with E-state index in [2.05, 4.69) is 17.1 Å². The number of benzene rings is 1. The highest BCUT2D eigenvalue weighted by Crippen LogP contribution is 2.25. The van der Waals surface area contributed by atoms with Gasteiger partial charge < -0.3 is 10.2 Å². The van der Waals surface area contributed by atoms with Crippen LogP contribution in [-0.2, 0) is 0 Å². The lowest BCUT2D eigenvalue weighted by Gasteiger charge is -2.34. The first-order valence-corrected chi connectivity index (χ1v) is 7.59. The third-order valence-electron chi connectivity index (χ3n) is 3.37. The van der Waals surface area contributed by atoms with E-state index in [1.54, 1.807) is 18.2 Å². The van der Waals surface area contributed by atoms with Crippen LogP contribution in [-0.4, -0.2) is 48.6 Å². The molecule has 1 fully saturated rings. The van der Waals surface area contributed by atoms with Gasteiger partial charge in [-0.2, -0.15) is 0 Å². The van der Waals surface area contributed by atoms with E-state index < -0.39 is 0 Å². The summed E-state index contributed by atoms with van der Waals surface area (Å²) in [5, 5.41) is 3.84. The van der Waals surface area contributed by atoms with Gasteiger partial charge >= 0.3 is 6.03 Å². The highest BCUT2D eigenvalue weighted by molar-refractivity contribution is 6.36. The van der Waals surface area contributed by atoms with Crippen LogP contribution in [0.2, 0.25) is 10.0 Å². The van der Waals surface area contributed by atoms with Crippen LogP contribution < -0.4 is 5.32 Å². The van der Waals surface area contributed by atoms with Crippen LogP contribution in [0, 0.1) is 0 Å². The molecular weight excluding hydrogens is 297 g/mol. The van der Waals surface area contributed by atoms with Gasteiger partial charge in [-0.1, -0.05) is 30.1 Å². The Morgan fingerprint density at radius 3 is 2.55 bits per heavy atom. The second-order valence-corrected chi connectivity index (χ2v) is 5.73. The summed E-state index contributed by atoms with van der Waals surface area (Å²) in [6.45, 7) is 6.61. The summed E-state index contributed by atoms with van der Waals surface area (Å²) in [6.07, 6.45) is 1.15. The minimum Gasteiger partial charge on any atom is -0.322 e. The van der Waals surface area contributed by atoms with Crippen molar-refractivity contribution in [1.82, 2.24) is 9.80 Å². The van der Waals surface area contributed by atoms with Gasteiger partial charge in [-0.05, 0) is 31.2 Å². The van der Waals surface area contributed by atoms with Gasteiger partial charge in [0.1, 0.15) is 0 Å². The Morgan fingerprint density at radius 1 is 1.25 bits per heavy atom. The number of carbonyl (C=O) groups is 1. The Balaban J connectivity index is 1.89. The van der Waals surface area contributed by atoms with Crippen LogP contribution >= 0.6 is 23.2 Å². The van der Waals surface area contributed by atoms with E-state index in [-0.39, 0.29) is 6.03 Å². The number of amides is 2. The number of nitrogens with one attached hydrogen (secondary N) is 1. The standard InChI is InChI=1S/C14H19Cl2N3O/c1-2-5-18-6-8-19(9-7-18)14(20)17-13-4-3-11(15)10-12(13)16/h3-4,10H,2,5-9H2,1H3,(H,17,20). The van der Waals surface area contributed by atoms with Gasteiger partial charge in [0, 0.05) is 31.2 Å². The van der Waals surface area contributed by atoms with Crippen molar-refractivity contribution in [1.29, 1.82) is 0 Å². The minimum atomic E-state index is -0.106. The summed E-state index contributed by atoms with van der Waals surface area (Å²) in [5.74, 6) is 0. The fraction of sp³-hybridized carbons (Fsp3) is 0.500. The molecule has 2 amide bonds. The second-order valence-electron chi connectivity index (χ2n) is 4.88. The predicted molar refractivity (Wildman–Crippen MR) is 83.8 cm³/mol. The molecule has 110 valence electrons. The van der Waals surface area contributed by atoms with Gasteiger partial charge in [0.05, 0.1) is 10.7 Å². The third kappa shape index (κ3) is 4.01. The molecule has 4 nitrogen and oxygen atoms in total. The number of piperazine rings is 1. The molecule has 1 aromatic carbocycles. The SMILES string of the molecule is CCCN1CCN(C(=O)Nc2ccc(Cl)cc2Cl)CC1. The Bertz CT molecular complexity index is 473. The number of carbonyl (C=O) groups excluding carboxylic acids is 1. The highest BCUT2D eigenvalue weighted by atomic mass is 35.5. The van der Waals surface area contributed by atoms with Crippen molar-refractivity contribution in [3.05, 3.63) is 28.2 Å². The molecule has 0 radical (unpaired) electrons. The molecule has 0 spiro atoms. The van der Waals surface area contributed by atoms with E-state index in [0.29, 0.717) is 15.7 Å². The summed E-state index contributed by atoms with van der Waals surface area (Å²) in [5.41, 5.74) is 0.594. The van der Waals surface area contributed by atoms with E-state index in [9.17, 15) is 4.79 Å². The molecule has 0 aromatic heterocycles. The van der Waals surface area contributed by atoms with Crippen molar-refractivity contribution < 1.29 is 4.79 Å². The topological polar surface area (TPSA) is 35.6 Å².